The Kier molecular flexibility index (Phi) is 3.12. The zero-order valence-electron chi connectivity index (χ0n) is 10.2. The molecule has 17 heavy (non-hydrogen) atoms. The van der Waals surface area contributed by atoms with E-state index < -0.39 is 0 Å². The molecule has 1 fully saturated rings. The summed E-state index contributed by atoms with van der Waals surface area (Å²) in [7, 11) is 3.63. The first kappa shape index (κ1) is 11.6. The van der Waals surface area contributed by atoms with Gasteiger partial charge in [-0.2, -0.15) is 5.10 Å². The number of aromatic amines is 1. The molecule has 1 aromatic heterocycles. The van der Waals surface area contributed by atoms with Crippen LogP contribution in [0.1, 0.15) is 30.9 Å². The van der Waals surface area contributed by atoms with Crippen molar-refractivity contribution in [2.24, 2.45) is 10.7 Å². The zero-order chi connectivity index (χ0) is 12.4. The topological polar surface area (TPSA) is 94.1 Å². The third-order valence-electron chi connectivity index (χ3n) is 2.75. The molecule has 0 radical (unpaired) electrons. The predicted molar refractivity (Wildman–Crippen MR) is 67.9 cm³/mol. The highest BCUT2D eigenvalue weighted by atomic mass is 15.2. The van der Waals surface area contributed by atoms with Gasteiger partial charge in [-0.1, -0.05) is 0 Å². The Hall–Kier alpha value is -1.85. The van der Waals surface area contributed by atoms with Gasteiger partial charge < -0.3 is 10.6 Å². The van der Waals surface area contributed by atoms with E-state index >= 15 is 0 Å². The van der Waals surface area contributed by atoms with Gasteiger partial charge in [-0.3, -0.25) is 10.5 Å². The van der Waals surface area contributed by atoms with Gasteiger partial charge in [0.1, 0.15) is 11.7 Å². The largest absolute Gasteiger partial charge is 0.387 e. The fraction of sp³-hybridized carbons (Fsp3) is 0.545. The molecule has 4 N–H and O–H groups in total. The highest BCUT2D eigenvalue weighted by Gasteiger charge is 2.25. The van der Waals surface area contributed by atoms with E-state index in [-0.39, 0.29) is 0 Å². The fourth-order valence-corrected chi connectivity index (χ4v) is 1.50. The molecule has 0 atom stereocenters. The average molecular weight is 234 g/mol. The first-order valence-electron chi connectivity index (χ1n) is 5.69. The van der Waals surface area contributed by atoms with E-state index in [0.717, 1.165) is 5.69 Å². The number of nitrogens with one attached hydrogen (secondary N) is 2. The fourth-order valence-electron chi connectivity index (χ4n) is 1.50. The third kappa shape index (κ3) is 3.05. The lowest BCUT2D eigenvalue weighted by Gasteiger charge is -2.12. The lowest BCUT2D eigenvalue weighted by molar-refractivity contribution is 0.608. The first-order valence-corrected chi connectivity index (χ1v) is 5.69. The predicted octanol–water partition coefficient (Wildman–Crippen LogP) is 1.20. The monoisotopic (exact) mass is 234 g/mol. The Balaban J connectivity index is 1.99. The smallest absolute Gasteiger partial charge is 0.175 e. The van der Waals surface area contributed by atoms with Crippen molar-refractivity contribution in [2.75, 3.05) is 14.1 Å². The molecule has 0 saturated heterocycles. The van der Waals surface area contributed by atoms with Gasteiger partial charge in [0, 0.05) is 31.8 Å². The van der Waals surface area contributed by atoms with Gasteiger partial charge >= 0.3 is 0 Å². The van der Waals surface area contributed by atoms with E-state index in [1.54, 1.807) is 4.90 Å². The van der Waals surface area contributed by atoms with Gasteiger partial charge in [0.15, 0.2) is 5.82 Å². The maximum atomic E-state index is 7.66. The molecule has 1 aliphatic carbocycles. The van der Waals surface area contributed by atoms with Crippen molar-refractivity contribution >= 4 is 17.5 Å². The van der Waals surface area contributed by atoms with E-state index in [1.807, 2.05) is 20.2 Å². The number of nitrogens with zero attached hydrogens (tertiary/aromatic N) is 3. The molecule has 2 rings (SSSR count). The molecule has 0 spiro atoms. The number of hydrogen-bond acceptors (Lipinski definition) is 3. The highest BCUT2D eigenvalue weighted by Crippen LogP contribution is 2.39. The number of nitrogens with two attached hydrogens (primary N) is 1. The Labute approximate surface area is 100 Å². The second-order valence-electron chi connectivity index (χ2n) is 4.58. The molecule has 1 saturated carbocycles. The Morgan fingerprint density at radius 2 is 2.35 bits per heavy atom. The summed E-state index contributed by atoms with van der Waals surface area (Å²) in [6, 6.07) is 1.93. The van der Waals surface area contributed by atoms with Crippen LogP contribution in [0.25, 0.3) is 0 Å². The molecule has 6 nitrogen and oxygen atoms in total. The molecule has 0 aliphatic heterocycles. The Morgan fingerprint density at radius 3 is 2.94 bits per heavy atom. The number of rotatable bonds is 4. The number of amidine groups is 2. The standard InChI is InChI=1S/C11H18N6/c1-17(2)10(13)6-9(12)14-11-5-8(15-16-11)7-3-4-7/h5,7,13H,3-4,6H2,1-2H3,(H3,12,14,15,16). The summed E-state index contributed by atoms with van der Waals surface area (Å²) in [5.41, 5.74) is 6.91. The van der Waals surface area contributed by atoms with Crippen LogP contribution in [-0.2, 0) is 0 Å². The van der Waals surface area contributed by atoms with Crippen molar-refractivity contribution in [2.45, 2.75) is 25.2 Å². The maximum absolute atomic E-state index is 7.66. The number of hydrogen-bond donors (Lipinski definition) is 3. The van der Waals surface area contributed by atoms with E-state index in [9.17, 15) is 0 Å². The van der Waals surface area contributed by atoms with Crippen LogP contribution in [0.4, 0.5) is 5.82 Å². The van der Waals surface area contributed by atoms with Crippen LogP contribution in [0.5, 0.6) is 0 Å². The van der Waals surface area contributed by atoms with Crippen LogP contribution in [0.3, 0.4) is 0 Å². The van der Waals surface area contributed by atoms with Gasteiger partial charge in [0.2, 0.25) is 0 Å². The molecule has 1 aromatic rings. The summed E-state index contributed by atoms with van der Waals surface area (Å²) in [6.45, 7) is 0. The van der Waals surface area contributed by atoms with Crippen LogP contribution in [0.15, 0.2) is 11.1 Å². The number of aromatic nitrogens is 2. The molecule has 0 bridgehead atoms. The van der Waals surface area contributed by atoms with Crippen LogP contribution >= 0.6 is 0 Å². The van der Waals surface area contributed by atoms with Crippen molar-refractivity contribution < 1.29 is 0 Å². The van der Waals surface area contributed by atoms with Crippen LogP contribution in [-0.4, -0.2) is 40.9 Å². The lowest BCUT2D eigenvalue weighted by atomic mass is 10.3. The zero-order valence-corrected chi connectivity index (χ0v) is 10.2. The number of aliphatic imine (C=N–C) groups is 1. The van der Waals surface area contributed by atoms with E-state index in [0.29, 0.717) is 29.8 Å². The van der Waals surface area contributed by atoms with Crippen molar-refractivity contribution in [3.05, 3.63) is 11.8 Å². The van der Waals surface area contributed by atoms with Gasteiger partial charge in [0.05, 0.1) is 6.42 Å². The minimum atomic E-state index is 0.346. The molecule has 6 heteroatoms. The SMILES string of the molecule is CN(C)C(=N)CC(N)=Nc1cc(C2CC2)[nH]n1. The molecule has 0 amide bonds. The second-order valence-corrected chi connectivity index (χ2v) is 4.58. The lowest BCUT2D eigenvalue weighted by Crippen LogP contribution is -2.26. The maximum Gasteiger partial charge on any atom is 0.175 e. The van der Waals surface area contributed by atoms with Gasteiger partial charge in [0.25, 0.3) is 0 Å². The van der Waals surface area contributed by atoms with Crippen molar-refractivity contribution in [3.63, 3.8) is 0 Å². The van der Waals surface area contributed by atoms with Gasteiger partial charge in [-0.05, 0) is 12.8 Å². The van der Waals surface area contributed by atoms with Crippen molar-refractivity contribution in [1.82, 2.24) is 15.1 Å². The summed E-state index contributed by atoms with van der Waals surface area (Å²) in [5, 5.41) is 14.7. The summed E-state index contributed by atoms with van der Waals surface area (Å²) in [5.74, 6) is 2.09. The Morgan fingerprint density at radius 1 is 1.65 bits per heavy atom. The van der Waals surface area contributed by atoms with Crippen LogP contribution < -0.4 is 5.73 Å². The third-order valence-corrected chi connectivity index (χ3v) is 2.75. The van der Waals surface area contributed by atoms with Crippen molar-refractivity contribution in [1.29, 1.82) is 5.41 Å². The molecule has 92 valence electrons. The van der Waals surface area contributed by atoms with Crippen LogP contribution in [0, 0.1) is 5.41 Å². The molecule has 0 aromatic carbocycles. The molecule has 1 heterocycles. The normalized spacial score (nSPS) is 16.0. The minimum absolute atomic E-state index is 0.346. The van der Waals surface area contributed by atoms with Gasteiger partial charge in [-0.15, -0.1) is 0 Å². The van der Waals surface area contributed by atoms with Crippen molar-refractivity contribution in [3.8, 4) is 0 Å². The van der Waals surface area contributed by atoms with E-state index in [2.05, 4.69) is 15.2 Å². The summed E-state index contributed by atoms with van der Waals surface area (Å²) < 4.78 is 0. The number of H-pyrrole nitrogens is 1. The summed E-state index contributed by atoms with van der Waals surface area (Å²) in [6.07, 6.45) is 2.80. The quantitative estimate of drug-likeness (QED) is 0.539. The molecule has 0 unspecified atom stereocenters. The Bertz CT molecular complexity index is 441. The summed E-state index contributed by atoms with van der Waals surface area (Å²) >= 11 is 0. The van der Waals surface area contributed by atoms with Gasteiger partial charge in [-0.25, -0.2) is 4.99 Å². The summed E-state index contributed by atoms with van der Waals surface area (Å²) in [4.78, 5) is 5.91. The molecule has 1 aliphatic rings. The molecular formula is C11H18N6. The highest BCUT2D eigenvalue weighted by molar-refractivity contribution is 6.00. The second kappa shape index (κ2) is 4.57. The van der Waals surface area contributed by atoms with Crippen LogP contribution in [0.2, 0.25) is 0 Å². The molecular weight excluding hydrogens is 216 g/mol. The van der Waals surface area contributed by atoms with E-state index in [1.165, 1.54) is 12.8 Å². The average Bonchev–Trinajstić information content (AvgIpc) is 3.00. The first-order chi connectivity index (χ1) is 8.06. The van der Waals surface area contributed by atoms with E-state index in [4.69, 9.17) is 11.1 Å². The minimum Gasteiger partial charge on any atom is -0.387 e.